The van der Waals surface area contributed by atoms with E-state index < -0.39 is 5.72 Å². The molecule has 0 N–H and O–H groups in total. The summed E-state index contributed by atoms with van der Waals surface area (Å²) in [5.74, 6) is 1.67. The van der Waals surface area contributed by atoms with Crippen LogP contribution < -0.4 is 14.4 Å². The highest BCUT2D eigenvalue weighted by Crippen LogP contribution is 2.56. The van der Waals surface area contributed by atoms with E-state index in [9.17, 15) is 0 Å². The summed E-state index contributed by atoms with van der Waals surface area (Å²) >= 11 is 0. The van der Waals surface area contributed by atoms with E-state index in [4.69, 9.17) is 14.5 Å². The maximum atomic E-state index is 7.07. The Morgan fingerprint density at radius 2 is 1.43 bits per heavy atom. The Kier molecular flexibility index (Phi) is 4.80. The fourth-order valence-corrected chi connectivity index (χ4v) is 6.11. The molecule has 2 heterocycles. The Labute approximate surface area is 216 Å². The molecule has 1 spiro atoms. The summed E-state index contributed by atoms with van der Waals surface area (Å²) in [5, 5.41) is 4.73. The summed E-state index contributed by atoms with van der Waals surface area (Å²) in [6.07, 6.45) is 2.03. The molecule has 0 aromatic heterocycles. The number of fused-ring (bicyclic) bond motifs is 6. The fourth-order valence-electron chi connectivity index (χ4n) is 6.11. The monoisotopic (exact) mass is 484 g/mol. The number of nitrogens with zero attached hydrogens (tertiary/aromatic N) is 2. The molecule has 0 radical (unpaired) electrons. The molecule has 0 fully saturated rings. The number of anilines is 1. The number of hydrogen-bond donors (Lipinski definition) is 0. The SMILES string of the molecule is CC1(C)c2c(ccc3ccccc23)N(CCOc2ccccc2)C12C=Nc1c(ccc3ccccc13)O2. The number of rotatable bonds is 4. The minimum Gasteiger partial charge on any atom is -0.492 e. The van der Waals surface area contributed by atoms with Gasteiger partial charge in [0.15, 0.2) is 0 Å². The van der Waals surface area contributed by atoms with E-state index in [-0.39, 0.29) is 5.41 Å². The largest absolute Gasteiger partial charge is 0.492 e. The summed E-state index contributed by atoms with van der Waals surface area (Å²) in [6.45, 7) is 5.72. The van der Waals surface area contributed by atoms with Crippen LogP contribution in [0.25, 0.3) is 21.5 Å². The molecular weight excluding hydrogens is 456 g/mol. The van der Waals surface area contributed by atoms with Gasteiger partial charge in [0.25, 0.3) is 0 Å². The molecular formula is C33H28N2O2. The van der Waals surface area contributed by atoms with Crippen LogP contribution in [0.4, 0.5) is 11.4 Å². The van der Waals surface area contributed by atoms with E-state index in [0.29, 0.717) is 13.2 Å². The minimum absolute atomic E-state index is 0.386. The normalized spacial score (nSPS) is 19.1. The van der Waals surface area contributed by atoms with Crippen molar-refractivity contribution in [3.8, 4) is 11.5 Å². The Balaban J connectivity index is 1.37. The molecule has 0 saturated heterocycles. The number of ether oxygens (including phenoxy) is 2. The van der Waals surface area contributed by atoms with Gasteiger partial charge in [-0.25, -0.2) is 0 Å². The number of aliphatic imine (C=N–C) groups is 1. The van der Waals surface area contributed by atoms with Crippen LogP contribution in [-0.4, -0.2) is 25.1 Å². The third kappa shape index (κ3) is 3.18. The standard InChI is InChI=1S/C33H28N2O2/c1-32(2)30-26-14-8-6-10-23(26)16-18-28(30)35(20-21-36-25-12-4-3-5-13-25)33(32)22-34-31-27-15-9-7-11-24(27)17-19-29(31)37-33/h3-19,22H,20-21H2,1-2H3. The average molecular weight is 485 g/mol. The molecule has 182 valence electrons. The van der Waals surface area contributed by atoms with Crippen molar-refractivity contribution in [2.45, 2.75) is 25.0 Å². The van der Waals surface area contributed by atoms with Gasteiger partial charge in [0.2, 0.25) is 5.72 Å². The molecule has 1 atom stereocenters. The lowest BCUT2D eigenvalue weighted by Gasteiger charge is -2.46. The first kappa shape index (κ1) is 21.9. The zero-order valence-electron chi connectivity index (χ0n) is 21.0. The average Bonchev–Trinajstić information content (AvgIpc) is 3.12. The van der Waals surface area contributed by atoms with Gasteiger partial charge in [0.05, 0.1) is 18.2 Å². The van der Waals surface area contributed by atoms with Crippen LogP contribution in [0.2, 0.25) is 0 Å². The second-order valence-corrected chi connectivity index (χ2v) is 10.3. The third-order valence-electron chi connectivity index (χ3n) is 7.94. The van der Waals surface area contributed by atoms with Crippen LogP contribution in [0.15, 0.2) is 108 Å². The minimum atomic E-state index is -0.797. The second-order valence-electron chi connectivity index (χ2n) is 10.3. The van der Waals surface area contributed by atoms with Crippen molar-refractivity contribution in [1.29, 1.82) is 0 Å². The van der Waals surface area contributed by atoms with Crippen LogP contribution in [0.1, 0.15) is 19.4 Å². The lowest BCUT2D eigenvalue weighted by molar-refractivity contribution is 0.0755. The molecule has 7 rings (SSSR count). The van der Waals surface area contributed by atoms with Crippen LogP contribution in [-0.2, 0) is 5.41 Å². The molecule has 5 aromatic rings. The van der Waals surface area contributed by atoms with Gasteiger partial charge < -0.3 is 14.4 Å². The molecule has 2 aliphatic heterocycles. The van der Waals surface area contributed by atoms with E-state index in [1.165, 1.54) is 16.3 Å². The molecule has 4 nitrogen and oxygen atoms in total. The van der Waals surface area contributed by atoms with Gasteiger partial charge in [-0.05, 0) is 59.8 Å². The van der Waals surface area contributed by atoms with E-state index >= 15 is 0 Å². The molecule has 0 amide bonds. The molecule has 2 aliphatic rings. The van der Waals surface area contributed by atoms with Gasteiger partial charge in [-0.1, -0.05) is 78.9 Å². The highest BCUT2D eigenvalue weighted by molar-refractivity contribution is 6.02. The Hall–Kier alpha value is -4.31. The van der Waals surface area contributed by atoms with Gasteiger partial charge in [-0.2, -0.15) is 0 Å². The highest BCUT2D eigenvalue weighted by atomic mass is 16.5. The predicted octanol–water partition coefficient (Wildman–Crippen LogP) is 7.66. The zero-order valence-corrected chi connectivity index (χ0v) is 21.0. The Morgan fingerprint density at radius 3 is 2.24 bits per heavy atom. The fraction of sp³-hybridized carbons (Fsp3) is 0.182. The molecule has 0 saturated carbocycles. The van der Waals surface area contributed by atoms with Gasteiger partial charge in [0.1, 0.15) is 23.8 Å². The Morgan fingerprint density at radius 1 is 0.757 bits per heavy atom. The van der Waals surface area contributed by atoms with Gasteiger partial charge in [-0.3, -0.25) is 4.99 Å². The van der Waals surface area contributed by atoms with Gasteiger partial charge >= 0.3 is 0 Å². The van der Waals surface area contributed by atoms with Gasteiger partial charge in [0, 0.05) is 11.1 Å². The van der Waals surface area contributed by atoms with Crippen molar-refractivity contribution in [2.75, 3.05) is 18.1 Å². The number of para-hydroxylation sites is 1. The summed E-state index contributed by atoms with van der Waals surface area (Å²) in [5.41, 5.74) is 2.15. The van der Waals surface area contributed by atoms with Crippen molar-refractivity contribution >= 4 is 39.1 Å². The molecule has 0 bridgehead atoms. The lowest BCUT2D eigenvalue weighted by atomic mass is 9.75. The Bertz CT molecular complexity index is 1670. The summed E-state index contributed by atoms with van der Waals surface area (Å²) in [6, 6.07) is 35.5. The van der Waals surface area contributed by atoms with E-state index in [0.717, 1.165) is 33.6 Å². The van der Waals surface area contributed by atoms with E-state index in [1.807, 2.05) is 36.5 Å². The first-order valence-corrected chi connectivity index (χ1v) is 12.8. The topological polar surface area (TPSA) is 34.1 Å². The number of benzene rings is 5. The van der Waals surface area contributed by atoms with Crippen LogP contribution in [0.3, 0.4) is 0 Å². The third-order valence-corrected chi connectivity index (χ3v) is 7.94. The van der Waals surface area contributed by atoms with Crippen molar-refractivity contribution in [3.05, 3.63) is 109 Å². The first-order chi connectivity index (χ1) is 18.1. The molecule has 0 aliphatic carbocycles. The van der Waals surface area contributed by atoms with Gasteiger partial charge in [-0.15, -0.1) is 0 Å². The highest BCUT2D eigenvalue weighted by Gasteiger charge is 2.60. The van der Waals surface area contributed by atoms with Crippen molar-refractivity contribution in [2.24, 2.45) is 4.99 Å². The maximum absolute atomic E-state index is 7.07. The quantitative estimate of drug-likeness (QED) is 0.263. The maximum Gasteiger partial charge on any atom is 0.229 e. The van der Waals surface area contributed by atoms with Crippen LogP contribution in [0.5, 0.6) is 11.5 Å². The van der Waals surface area contributed by atoms with Crippen LogP contribution in [0, 0.1) is 0 Å². The lowest BCUT2D eigenvalue weighted by Crippen LogP contribution is -2.63. The summed E-state index contributed by atoms with van der Waals surface area (Å²) in [7, 11) is 0. The molecule has 5 aromatic carbocycles. The van der Waals surface area contributed by atoms with E-state index in [2.05, 4.69) is 91.5 Å². The first-order valence-electron chi connectivity index (χ1n) is 12.8. The second kappa shape index (κ2) is 8.10. The number of hydrogen-bond acceptors (Lipinski definition) is 4. The summed E-state index contributed by atoms with van der Waals surface area (Å²) in [4.78, 5) is 7.45. The molecule has 37 heavy (non-hydrogen) atoms. The van der Waals surface area contributed by atoms with Crippen molar-refractivity contribution in [1.82, 2.24) is 0 Å². The van der Waals surface area contributed by atoms with Crippen molar-refractivity contribution in [3.63, 3.8) is 0 Å². The zero-order chi connectivity index (χ0) is 25.0. The van der Waals surface area contributed by atoms with Crippen LogP contribution >= 0.6 is 0 Å². The van der Waals surface area contributed by atoms with E-state index in [1.54, 1.807) is 0 Å². The summed E-state index contributed by atoms with van der Waals surface area (Å²) < 4.78 is 13.2. The predicted molar refractivity (Wildman–Crippen MR) is 152 cm³/mol. The van der Waals surface area contributed by atoms with Crippen molar-refractivity contribution < 1.29 is 9.47 Å². The molecule has 4 heteroatoms. The molecule has 1 unspecified atom stereocenters. The smallest absolute Gasteiger partial charge is 0.229 e.